The molecule has 0 saturated heterocycles. The highest BCUT2D eigenvalue weighted by Gasteiger charge is 2.35. The number of aromatic nitrogens is 3. The van der Waals surface area contributed by atoms with Crippen molar-refractivity contribution in [2.75, 3.05) is 12.4 Å². The minimum Gasteiger partial charge on any atom is -0.497 e. The Morgan fingerprint density at radius 2 is 1.58 bits per heavy atom. The summed E-state index contributed by atoms with van der Waals surface area (Å²) in [5.74, 6) is 0.260. The Balaban J connectivity index is 1.84. The van der Waals surface area contributed by atoms with Crippen LogP contribution in [0.4, 0.5) is 10.1 Å². The maximum atomic E-state index is 15.3. The number of aryl methyl sites for hydroxylation is 1. The highest BCUT2D eigenvalue weighted by molar-refractivity contribution is 5.99. The fourth-order valence-electron chi connectivity index (χ4n) is 5.17. The number of hydrogen-bond donors (Lipinski definition) is 1. The molecule has 0 saturated carbocycles. The van der Waals surface area contributed by atoms with Crippen LogP contribution in [0.25, 0.3) is 27.8 Å². The predicted molar refractivity (Wildman–Crippen MR) is 138 cm³/mol. The van der Waals surface area contributed by atoms with Crippen LogP contribution in [0.2, 0.25) is 0 Å². The summed E-state index contributed by atoms with van der Waals surface area (Å²) in [5.41, 5.74) is 3.42. The largest absolute Gasteiger partial charge is 0.497 e. The van der Waals surface area contributed by atoms with Crippen molar-refractivity contribution in [3.8, 4) is 22.7 Å². The van der Waals surface area contributed by atoms with Gasteiger partial charge in [0.15, 0.2) is 0 Å². The second-order valence-corrected chi connectivity index (χ2v) is 8.85. The number of nitrogens with one attached hydrogen (secondary N) is 1. The first kappa shape index (κ1) is 21.9. The molecule has 0 fully saturated rings. The van der Waals surface area contributed by atoms with E-state index < -0.39 is 23.1 Å². The summed E-state index contributed by atoms with van der Waals surface area (Å²) in [4.78, 5) is 26.7. The molecule has 1 aliphatic rings. The van der Waals surface area contributed by atoms with E-state index in [1.165, 1.54) is 17.7 Å². The van der Waals surface area contributed by atoms with Gasteiger partial charge in [-0.15, -0.1) is 0 Å². The lowest BCUT2D eigenvalue weighted by Gasteiger charge is -2.31. The van der Waals surface area contributed by atoms with Crippen LogP contribution < -0.4 is 21.3 Å². The standard InChI is InChI=1S/C28H23FN4O3/c1-31-25-22(27(34)32(2)28(31)35)24(18-8-4-5-9-19(18)29)33-21-11-7-6-10-20(21)30-23(26(25)33)16-12-14-17(36-3)15-13-16/h4-15,23,30H,1-3H3/t23-/m0/s1. The Kier molecular flexibility index (Phi) is 4.86. The van der Waals surface area contributed by atoms with Gasteiger partial charge < -0.3 is 14.6 Å². The SMILES string of the molecule is COc1ccc([C@@H]2Nc3ccccc3-n3c(-c4ccccc4F)c4c(=O)n(C)c(=O)n(C)c4c32)cc1. The van der Waals surface area contributed by atoms with E-state index in [0.717, 1.165) is 21.5 Å². The average Bonchev–Trinajstić information content (AvgIpc) is 3.27. The third kappa shape index (κ3) is 2.97. The lowest BCUT2D eigenvalue weighted by Crippen LogP contribution is -2.37. The molecule has 7 nitrogen and oxygen atoms in total. The minimum atomic E-state index is -0.473. The smallest absolute Gasteiger partial charge is 0.331 e. The van der Waals surface area contributed by atoms with Crippen molar-refractivity contribution in [2.45, 2.75) is 6.04 Å². The van der Waals surface area contributed by atoms with Gasteiger partial charge in [-0.1, -0.05) is 36.4 Å². The molecule has 0 amide bonds. The van der Waals surface area contributed by atoms with Gasteiger partial charge in [0.05, 0.1) is 46.8 Å². The van der Waals surface area contributed by atoms with Crippen molar-refractivity contribution in [3.05, 3.63) is 111 Å². The molecule has 1 atom stereocenters. The van der Waals surface area contributed by atoms with E-state index >= 15 is 4.39 Å². The number of benzene rings is 3. The molecule has 0 bridgehead atoms. The monoisotopic (exact) mass is 482 g/mol. The van der Waals surface area contributed by atoms with Crippen molar-refractivity contribution >= 4 is 16.6 Å². The van der Waals surface area contributed by atoms with Gasteiger partial charge >= 0.3 is 5.69 Å². The lowest BCUT2D eigenvalue weighted by molar-refractivity contribution is 0.414. The van der Waals surface area contributed by atoms with Crippen LogP contribution in [0, 0.1) is 5.82 Å². The first-order valence-corrected chi connectivity index (χ1v) is 11.5. The van der Waals surface area contributed by atoms with Crippen molar-refractivity contribution < 1.29 is 9.13 Å². The van der Waals surface area contributed by atoms with Crippen LogP contribution in [0.1, 0.15) is 17.3 Å². The Morgan fingerprint density at radius 1 is 0.889 bits per heavy atom. The highest BCUT2D eigenvalue weighted by Crippen LogP contribution is 2.45. The molecule has 0 unspecified atom stereocenters. The summed E-state index contributed by atoms with van der Waals surface area (Å²) in [6, 6.07) is 21.3. The molecule has 6 rings (SSSR count). The molecule has 1 aliphatic heterocycles. The molecule has 0 radical (unpaired) electrons. The fraction of sp³-hybridized carbons (Fsp3) is 0.143. The molecule has 0 aliphatic carbocycles. The van der Waals surface area contributed by atoms with E-state index in [0.29, 0.717) is 22.7 Å². The Labute approximate surface area is 205 Å². The topological polar surface area (TPSA) is 70.2 Å². The zero-order chi connectivity index (χ0) is 25.1. The summed E-state index contributed by atoms with van der Waals surface area (Å²) >= 11 is 0. The predicted octanol–water partition coefficient (Wildman–Crippen LogP) is 4.36. The van der Waals surface area contributed by atoms with Gasteiger partial charge in [0.1, 0.15) is 11.6 Å². The average molecular weight is 483 g/mol. The third-order valence-corrected chi connectivity index (χ3v) is 6.90. The zero-order valence-electron chi connectivity index (χ0n) is 19.9. The molecular weight excluding hydrogens is 459 g/mol. The number of anilines is 1. The second-order valence-electron chi connectivity index (χ2n) is 8.85. The van der Waals surface area contributed by atoms with Gasteiger partial charge in [0.2, 0.25) is 0 Å². The first-order chi connectivity index (χ1) is 17.4. The molecule has 2 aromatic heterocycles. The Morgan fingerprint density at radius 3 is 2.31 bits per heavy atom. The molecule has 1 N–H and O–H groups in total. The third-order valence-electron chi connectivity index (χ3n) is 6.90. The van der Waals surface area contributed by atoms with Crippen molar-refractivity contribution in [3.63, 3.8) is 0 Å². The normalized spacial score (nSPS) is 14.3. The number of para-hydroxylation sites is 2. The number of hydrogen-bond acceptors (Lipinski definition) is 4. The maximum Gasteiger partial charge on any atom is 0.331 e. The molecule has 3 heterocycles. The Bertz CT molecular complexity index is 1780. The number of ether oxygens (including phenoxy) is 1. The van der Waals surface area contributed by atoms with E-state index in [4.69, 9.17) is 4.74 Å². The van der Waals surface area contributed by atoms with Gasteiger partial charge in [-0.25, -0.2) is 9.18 Å². The van der Waals surface area contributed by atoms with Crippen LogP contribution in [0.3, 0.4) is 0 Å². The quantitative estimate of drug-likeness (QED) is 0.415. The van der Waals surface area contributed by atoms with Gasteiger partial charge in [0, 0.05) is 19.7 Å². The van der Waals surface area contributed by atoms with Gasteiger partial charge in [-0.3, -0.25) is 13.9 Å². The highest BCUT2D eigenvalue weighted by atomic mass is 19.1. The van der Waals surface area contributed by atoms with Crippen molar-refractivity contribution in [2.24, 2.45) is 14.1 Å². The number of fused-ring (bicyclic) bond motifs is 5. The van der Waals surface area contributed by atoms with E-state index in [-0.39, 0.29) is 10.9 Å². The van der Waals surface area contributed by atoms with Gasteiger partial charge in [-0.05, 0) is 42.0 Å². The van der Waals surface area contributed by atoms with Crippen LogP contribution in [-0.2, 0) is 14.1 Å². The van der Waals surface area contributed by atoms with Crippen LogP contribution in [-0.4, -0.2) is 20.8 Å². The molecule has 0 spiro atoms. The van der Waals surface area contributed by atoms with Crippen LogP contribution in [0.15, 0.2) is 82.4 Å². The Hall–Kier alpha value is -4.59. The number of methoxy groups -OCH3 is 1. The van der Waals surface area contributed by atoms with Crippen molar-refractivity contribution in [1.29, 1.82) is 0 Å². The molecule has 36 heavy (non-hydrogen) atoms. The molecule has 8 heteroatoms. The minimum absolute atomic E-state index is 0.287. The van der Waals surface area contributed by atoms with Crippen LogP contribution in [0.5, 0.6) is 5.75 Å². The zero-order valence-corrected chi connectivity index (χ0v) is 19.9. The number of halogens is 1. The van der Waals surface area contributed by atoms with E-state index in [9.17, 15) is 9.59 Å². The first-order valence-electron chi connectivity index (χ1n) is 11.5. The van der Waals surface area contributed by atoms with Gasteiger partial charge in [0.25, 0.3) is 5.56 Å². The van der Waals surface area contributed by atoms with Crippen LogP contribution >= 0.6 is 0 Å². The number of nitrogens with zero attached hydrogens (tertiary/aromatic N) is 3. The summed E-state index contributed by atoms with van der Waals surface area (Å²) in [7, 11) is 4.69. The number of rotatable bonds is 3. The summed E-state index contributed by atoms with van der Waals surface area (Å²) in [6.07, 6.45) is 0. The molecular formula is C28H23FN4O3. The molecule has 3 aromatic carbocycles. The maximum absolute atomic E-state index is 15.3. The van der Waals surface area contributed by atoms with E-state index in [1.54, 1.807) is 32.4 Å². The molecule has 180 valence electrons. The summed E-state index contributed by atoms with van der Waals surface area (Å²) < 4.78 is 25.1. The van der Waals surface area contributed by atoms with E-state index in [2.05, 4.69) is 5.32 Å². The second kappa shape index (κ2) is 7.98. The fourth-order valence-corrected chi connectivity index (χ4v) is 5.17. The molecule has 5 aromatic rings. The summed E-state index contributed by atoms with van der Waals surface area (Å²) in [5, 5.41) is 3.87. The summed E-state index contributed by atoms with van der Waals surface area (Å²) in [6.45, 7) is 0. The van der Waals surface area contributed by atoms with Gasteiger partial charge in [-0.2, -0.15) is 0 Å². The van der Waals surface area contributed by atoms with Crippen molar-refractivity contribution in [1.82, 2.24) is 13.7 Å². The lowest BCUT2D eigenvalue weighted by atomic mass is 9.99. The van der Waals surface area contributed by atoms with E-state index in [1.807, 2.05) is 53.1 Å².